The highest BCUT2D eigenvalue weighted by molar-refractivity contribution is 7.99. The van der Waals surface area contributed by atoms with Gasteiger partial charge in [-0.3, -0.25) is 0 Å². The van der Waals surface area contributed by atoms with Gasteiger partial charge in [-0.05, 0) is 147 Å². The number of thiophene rings is 1. The molecule has 11 rings (SSSR count). The summed E-state index contributed by atoms with van der Waals surface area (Å²) in [6.45, 7) is 2.26. The zero-order chi connectivity index (χ0) is 47.8. The minimum absolute atomic E-state index is 1.06. The predicted molar refractivity (Wildman–Crippen MR) is 307 cm³/mol. The molecule has 2 nitrogen and oxygen atoms in total. The SMILES string of the molecule is CCCSc1cc(-c2ccc(N(c3ccc(-c4ccccc4)cc3)c3ccc(-c4ccccc4)cc3)cc2)sc1-c1ccc(N(c2ccc(-c3ccccc3)cc2)c2ccc(-c3ccccc3)cc2)cc1. The van der Waals surface area contributed by atoms with Crippen LogP contribution in [0.2, 0.25) is 0 Å². The van der Waals surface area contributed by atoms with Crippen LogP contribution in [0.4, 0.5) is 34.1 Å². The molecule has 0 amide bonds. The fourth-order valence-corrected chi connectivity index (χ4v) is 11.5. The molecule has 1 heterocycles. The summed E-state index contributed by atoms with van der Waals surface area (Å²) in [5.74, 6) is 1.06. The van der Waals surface area contributed by atoms with Crippen LogP contribution in [-0.4, -0.2) is 5.75 Å². The van der Waals surface area contributed by atoms with Crippen molar-refractivity contribution in [3.05, 3.63) is 273 Å². The number of anilines is 6. The first-order valence-electron chi connectivity index (χ1n) is 24.3. The van der Waals surface area contributed by atoms with Gasteiger partial charge in [0.05, 0.1) is 0 Å². The molecule has 1 aromatic heterocycles. The summed E-state index contributed by atoms with van der Waals surface area (Å²) in [5, 5.41) is 0. The molecular weight excluding hydrogens is 897 g/mol. The minimum atomic E-state index is 1.06. The summed E-state index contributed by atoms with van der Waals surface area (Å²) in [7, 11) is 0. The molecule has 0 N–H and O–H groups in total. The molecule has 71 heavy (non-hydrogen) atoms. The van der Waals surface area contributed by atoms with Gasteiger partial charge in [0.25, 0.3) is 0 Å². The van der Waals surface area contributed by atoms with Gasteiger partial charge in [-0.2, -0.15) is 0 Å². The Morgan fingerprint density at radius 3 is 0.831 bits per heavy atom. The fourth-order valence-electron chi connectivity index (χ4n) is 9.20. The molecule has 0 bridgehead atoms. The smallest absolute Gasteiger partial charge is 0.0485 e. The Bertz CT molecular complexity index is 3260. The van der Waals surface area contributed by atoms with Crippen molar-refractivity contribution in [2.45, 2.75) is 18.2 Å². The van der Waals surface area contributed by atoms with Gasteiger partial charge in [0, 0.05) is 48.8 Å². The molecule has 0 saturated heterocycles. The standard InChI is InChI=1S/C67H52N2S2/c1-2-47-70-66-48-65(57-31-43-63(44-32-57)68(59-35-23-53(24-36-59)49-15-7-3-8-16-49)60-37-25-54(26-38-60)50-17-9-4-10-18-50)71-67(66)58-33-45-64(46-34-58)69(61-39-27-55(28-40-61)51-19-11-5-12-20-51)62-41-29-56(30-42-62)52-21-13-6-14-22-52/h3-46,48H,2,47H2,1H3. The lowest BCUT2D eigenvalue weighted by Crippen LogP contribution is -2.09. The maximum atomic E-state index is 2.40. The maximum Gasteiger partial charge on any atom is 0.0485 e. The number of rotatable bonds is 15. The molecule has 0 aliphatic rings. The molecular formula is C67H52N2S2. The van der Waals surface area contributed by atoms with Crippen molar-refractivity contribution >= 4 is 57.2 Å². The van der Waals surface area contributed by atoms with Crippen LogP contribution in [0.3, 0.4) is 0 Å². The monoisotopic (exact) mass is 948 g/mol. The highest BCUT2D eigenvalue weighted by Gasteiger charge is 2.19. The van der Waals surface area contributed by atoms with E-state index in [4.69, 9.17) is 0 Å². The summed E-state index contributed by atoms with van der Waals surface area (Å²) < 4.78 is 0. The van der Waals surface area contributed by atoms with Crippen LogP contribution in [0.5, 0.6) is 0 Å². The largest absolute Gasteiger partial charge is 0.311 e. The lowest BCUT2D eigenvalue weighted by molar-refractivity contribution is 1.11. The van der Waals surface area contributed by atoms with E-state index in [1.165, 1.54) is 70.3 Å². The summed E-state index contributed by atoms with van der Waals surface area (Å²) in [6, 6.07) is 98.7. The van der Waals surface area contributed by atoms with E-state index >= 15 is 0 Å². The van der Waals surface area contributed by atoms with Gasteiger partial charge in [-0.25, -0.2) is 0 Å². The number of thioether (sulfide) groups is 1. The summed E-state index contributed by atoms with van der Waals surface area (Å²) in [4.78, 5) is 8.61. The quantitative estimate of drug-likeness (QED) is 0.0946. The predicted octanol–water partition coefficient (Wildman–Crippen LogP) is 20.2. The van der Waals surface area contributed by atoms with Crippen LogP contribution in [0.1, 0.15) is 13.3 Å². The topological polar surface area (TPSA) is 6.48 Å². The van der Waals surface area contributed by atoms with E-state index < -0.39 is 0 Å². The third kappa shape index (κ3) is 10.1. The first-order chi connectivity index (χ1) is 35.1. The van der Waals surface area contributed by atoms with Gasteiger partial charge in [-0.15, -0.1) is 23.1 Å². The third-order valence-electron chi connectivity index (χ3n) is 12.9. The molecule has 0 aliphatic heterocycles. The van der Waals surface area contributed by atoms with Crippen molar-refractivity contribution < 1.29 is 0 Å². The minimum Gasteiger partial charge on any atom is -0.311 e. The fraction of sp³-hybridized carbons (Fsp3) is 0.0448. The third-order valence-corrected chi connectivity index (χ3v) is 15.5. The van der Waals surface area contributed by atoms with Crippen LogP contribution in [-0.2, 0) is 0 Å². The van der Waals surface area contributed by atoms with Gasteiger partial charge < -0.3 is 9.80 Å². The number of nitrogens with zero attached hydrogens (tertiary/aromatic N) is 2. The van der Waals surface area contributed by atoms with Crippen LogP contribution in [0.15, 0.2) is 278 Å². The summed E-state index contributed by atoms with van der Waals surface area (Å²) in [5.41, 5.74) is 18.7. The van der Waals surface area contributed by atoms with E-state index in [-0.39, 0.29) is 0 Å². The maximum absolute atomic E-state index is 2.40. The van der Waals surface area contributed by atoms with E-state index in [9.17, 15) is 0 Å². The second-order valence-electron chi connectivity index (χ2n) is 17.6. The van der Waals surface area contributed by atoms with Crippen molar-refractivity contribution in [3.63, 3.8) is 0 Å². The molecule has 0 radical (unpaired) electrons. The van der Waals surface area contributed by atoms with Crippen LogP contribution < -0.4 is 9.80 Å². The molecule has 0 aliphatic carbocycles. The Labute approximate surface area is 426 Å². The van der Waals surface area contributed by atoms with Crippen molar-refractivity contribution in [1.29, 1.82) is 0 Å². The molecule has 0 atom stereocenters. The lowest BCUT2D eigenvalue weighted by atomic mass is 10.0. The molecule has 342 valence electrons. The Kier molecular flexibility index (Phi) is 13.5. The van der Waals surface area contributed by atoms with E-state index in [1.807, 2.05) is 23.1 Å². The van der Waals surface area contributed by atoms with Crippen molar-refractivity contribution in [2.24, 2.45) is 0 Å². The van der Waals surface area contributed by atoms with Gasteiger partial charge in [-0.1, -0.05) is 201 Å². The Hall–Kier alpha value is -8.15. The lowest BCUT2D eigenvalue weighted by Gasteiger charge is -2.26. The van der Waals surface area contributed by atoms with E-state index in [1.54, 1.807) is 0 Å². The van der Waals surface area contributed by atoms with E-state index in [0.29, 0.717) is 0 Å². The van der Waals surface area contributed by atoms with E-state index in [0.717, 1.165) is 46.3 Å². The zero-order valence-electron chi connectivity index (χ0n) is 39.6. The van der Waals surface area contributed by atoms with Crippen LogP contribution >= 0.6 is 23.1 Å². The molecule has 0 saturated carbocycles. The van der Waals surface area contributed by atoms with Gasteiger partial charge >= 0.3 is 0 Å². The van der Waals surface area contributed by atoms with E-state index in [2.05, 4.69) is 290 Å². The Balaban J connectivity index is 0.908. The highest BCUT2D eigenvalue weighted by Crippen LogP contribution is 2.46. The molecule has 0 unspecified atom stereocenters. The van der Waals surface area contributed by atoms with Crippen molar-refractivity contribution in [2.75, 3.05) is 15.6 Å². The number of hydrogen-bond acceptors (Lipinski definition) is 4. The average molecular weight is 949 g/mol. The molecule has 4 heteroatoms. The summed E-state index contributed by atoms with van der Waals surface area (Å²) >= 11 is 3.83. The van der Waals surface area contributed by atoms with Crippen molar-refractivity contribution in [1.82, 2.24) is 0 Å². The van der Waals surface area contributed by atoms with Crippen molar-refractivity contribution in [3.8, 4) is 65.4 Å². The number of benzene rings is 10. The number of hydrogen-bond donors (Lipinski definition) is 0. The Morgan fingerprint density at radius 1 is 0.296 bits per heavy atom. The molecule has 0 spiro atoms. The van der Waals surface area contributed by atoms with Gasteiger partial charge in [0.2, 0.25) is 0 Å². The molecule has 0 fully saturated rings. The molecule has 11 aromatic rings. The second-order valence-corrected chi connectivity index (χ2v) is 19.8. The first kappa shape index (κ1) is 45.3. The Morgan fingerprint density at radius 2 is 0.549 bits per heavy atom. The van der Waals surface area contributed by atoms with Crippen LogP contribution in [0.25, 0.3) is 65.4 Å². The normalized spacial score (nSPS) is 11.1. The highest BCUT2D eigenvalue weighted by atomic mass is 32.2. The molecule has 10 aromatic carbocycles. The van der Waals surface area contributed by atoms with Gasteiger partial charge in [0.1, 0.15) is 0 Å². The summed E-state index contributed by atoms with van der Waals surface area (Å²) in [6.07, 6.45) is 1.11. The zero-order valence-corrected chi connectivity index (χ0v) is 41.2. The van der Waals surface area contributed by atoms with Crippen LogP contribution in [0, 0.1) is 0 Å². The average Bonchev–Trinajstić information content (AvgIpc) is 3.89. The van der Waals surface area contributed by atoms with Gasteiger partial charge in [0.15, 0.2) is 0 Å². The second kappa shape index (κ2) is 21.2. The first-order valence-corrected chi connectivity index (χ1v) is 26.2.